The summed E-state index contributed by atoms with van der Waals surface area (Å²) in [6.07, 6.45) is 0.854. The van der Waals surface area contributed by atoms with Crippen molar-refractivity contribution >= 4 is 21.7 Å². The van der Waals surface area contributed by atoms with Crippen molar-refractivity contribution in [2.75, 3.05) is 5.33 Å². The number of hydrogen-bond donors (Lipinski definition) is 0. The van der Waals surface area contributed by atoms with E-state index in [9.17, 15) is 4.79 Å². The van der Waals surface area contributed by atoms with Crippen LogP contribution in [0.1, 0.15) is 40.2 Å². The zero-order valence-corrected chi connectivity index (χ0v) is 14.7. The molecule has 1 heterocycles. The number of hydrogen-bond acceptors (Lipinski definition) is 3. The summed E-state index contributed by atoms with van der Waals surface area (Å²) in [6.45, 7) is 1.87. The van der Waals surface area contributed by atoms with Crippen LogP contribution in [0.2, 0.25) is 0 Å². The first-order valence-corrected chi connectivity index (χ1v) is 8.42. The Morgan fingerprint density at radius 2 is 1.92 bits per heavy atom. The van der Waals surface area contributed by atoms with Gasteiger partial charge in [-0.2, -0.15) is 10.5 Å². The molecule has 0 aliphatic heterocycles. The molecule has 118 valence electrons. The maximum absolute atomic E-state index is 12.1. The van der Waals surface area contributed by atoms with Gasteiger partial charge in [0.25, 0.3) is 0 Å². The van der Waals surface area contributed by atoms with Crippen molar-refractivity contribution in [3.8, 4) is 29.7 Å². The number of carbonyl (C=O) groups is 1. The van der Waals surface area contributed by atoms with E-state index in [0.29, 0.717) is 29.7 Å². The molecule has 0 N–H and O–H groups in total. The number of benzene rings is 1. The molecule has 2 aromatic rings. The third-order valence-corrected chi connectivity index (χ3v) is 4.01. The molecule has 1 aromatic carbocycles. The minimum absolute atomic E-state index is 0.0139. The second-order valence-electron chi connectivity index (χ2n) is 5.04. The van der Waals surface area contributed by atoms with Crippen molar-refractivity contribution in [1.82, 2.24) is 4.57 Å². The molecule has 0 aliphatic carbocycles. The van der Waals surface area contributed by atoms with Crippen LogP contribution in [0.25, 0.3) is 5.69 Å². The summed E-state index contributed by atoms with van der Waals surface area (Å²) in [5.74, 6) is 5.99. The van der Waals surface area contributed by atoms with Crippen LogP contribution >= 0.6 is 15.9 Å². The maximum atomic E-state index is 12.1. The summed E-state index contributed by atoms with van der Waals surface area (Å²) >= 11 is 3.20. The number of Topliss-reactive ketones (excluding diaryl/α,β-unsaturated/α-hetero) is 1. The summed E-state index contributed by atoms with van der Waals surface area (Å²) in [5, 5.41) is 17.8. The van der Waals surface area contributed by atoms with Gasteiger partial charge in [-0.15, -0.1) is 0 Å². The average Bonchev–Trinajstić information content (AvgIpc) is 2.94. The summed E-state index contributed by atoms with van der Waals surface area (Å²) in [6, 6.07) is 13.0. The van der Waals surface area contributed by atoms with E-state index in [2.05, 4.69) is 39.9 Å². The number of nitriles is 2. The van der Waals surface area contributed by atoms with Crippen LogP contribution in [0.3, 0.4) is 0 Å². The predicted octanol–water partition coefficient (Wildman–Crippen LogP) is 3.89. The fourth-order valence-corrected chi connectivity index (χ4v) is 2.64. The van der Waals surface area contributed by atoms with Gasteiger partial charge in [0.1, 0.15) is 0 Å². The van der Waals surface area contributed by atoms with Crippen LogP contribution in [0.4, 0.5) is 0 Å². The fraction of sp³-hybridized carbons (Fsp3) is 0.211. The fourth-order valence-electron chi connectivity index (χ4n) is 2.34. The van der Waals surface area contributed by atoms with Gasteiger partial charge in [0.15, 0.2) is 5.78 Å². The standard InChI is InChI=1S/C19H14BrN3O/c1-14-18(19(24)12-20)11-17(5-3-2-4-10-21)23(14)16-8-6-15(13-22)7-9-16/h6-9,11H,2,4,12H2,1H3. The molecule has 4 nitrogen and oxygen atoms in total. The Morgan fingerprint density at radius 3 is 2.50 bits per heavy atom. The number of ketones is 1. The number of alkyl halides is 1. The second-order valence-corrected chi connectivity index (χ2v) is 5.60. The van der Waals surface area contributed by atoms with Crippen molar-refractivity contribution < 1.29 is 4.79 Å². The summed E-state index contributed by atoms with van der Waals surface area (Å²) in [7, 11) is 0. The zero-order chi connectivity index (χ0) is 17.5. The lowest BCUT2D eigenvalue weighted by Crippen LogP contribution is -2.04. The predicted molar refractivity (Wildman–Crippen MR) is 95.1 cm³/mol. The Balaban J connectivity index is 2.55. The third-order valence-electron chi connectivity index (χ3n) is 3.50. The van der Waals surface area contributed by atoms with E-state index >= 15 is 0 Å². The van der Waals surface area contributed by atoms with Gasteiger partial charge in [-0.1, -0.05) is 21.9 Å². The lowest BCUT2D eigenvalue weighted by molar-refractivity contribution is 0.102. The Hall–Kier alpha value is -2.81. The van der Waals surface area contributed by atoms with Gasteiger partial charge in [0.2, 0.25) is 0 Å². The van der Waals surface area contributed by atoms with Gasteiger partial charge in [-0.3, -0.25) is 4.79 Å². The molecule has 0 unspecified atom stereocenters. The molecule has 0 bridgehead atoms. The van der Waals surface area contributed by atoms with Crippen LogP contribution in [0.15, 0.2) is 30.3 Å². The van der Waals surface area contributed by atoms with Crippen LogP contribution in [-0.4, -0.2) is 15.7 Å². The number of unbranched alkanes of at least 4 members (excludes halogenated alkanes) is 1. The highest BCUT2D eigenvalue weighted by Crippen LogP contribution is 2.22. The molecule has 0 radical (unpaired) electrons. The van der Waals surface area contributed by atoms with Crippen molar-refractivity contribution in [3.05, 3.63) is 52.8 Å². The van der Waals surface area contributed by atoms with E-state index in [1.54, 1.807) is 18.2 Å². The molecule has 0 fully saturated rings. The number of aromatic nitrogens is 1. The highest BCUT2D eigenvalue weighted by Gasteiger charge is 2.17. The topological polar surface area (TPSA) is 69.6 Å². The van der Waals surface area contributed by atoms with Crippen molar-refractivity contribution in [3.63, 3.8) is 0 Å². The normalized spacial score (nSPS) is 9.50. The minimum atomic E-state index is -0.0139. The molecular formula is C19H14BrN3O. The third kappa shape index (κ3) is 3.74. The SMILES string of the molecule is Cc1c(C(=O)CBr)cc(C#CCCC#N)n1-c1ccc(C#N)cc1. The summed E-state index contributed by atoms with van der Waals surface area (Å²) in [5.41, 5.74) is 3.51. The minimum Gasteiger partial charge on any atom is -0.307 e. The van der Waals surface area contributed by atoms with Crippen molar-refractivity contribution in [2.45, 2.75) is 19.8 Å². The first-order chi connectivity index (χ1) is 11.6. The van der Waals surface area contributed by atoms with Crippen LogP contribution < -0.4 is 0 Å². The van der Waals surface area contributed by atoms with Gasteiger partial charge in [-0.25, -0.2) is 0 Å². The molecule has 0 saturated carbocycles. The molecule has 0 amide bonds. The molecule has 5 heteroatoms. The smallest absolute Gasteiger partial charge is 0.175 e. The average molecular weight is 380 g/mol. The number of nitrogens with zero attached hydrogens (tertiary/aromatic N) is 3. The van der Waals surface area contributed by atoms with Crippen LogP contribution in [-0.2, 0) is 0 Å². The van der Waals surface area contributed by atoms with Gasteiger partial charge in [0.05, 0.1) is 28.7 Å². The molecule has 24 heavy (non-hydrogen) atoms. The first kappa shape index (κ1) is 17.5. The first-order valence-electron chi connectivity index (χ1n) is 7.30. The largest absolute Gasteiger partial charge is 0.307 e. The Bertz CT molecular complexity index is 900. The summed E-state index contributed by atoms with van der Waals surface area (Å²) < 4.78 is 1.90. The number of carbonyl (C=O) groups excluding carboxylic acids is 1. The van der Waals surface area contributed by atoms with E-state index in [4.69, 9.17) is 10.5 Å². The maximum Gasteiger partial charge on any atom is 0.175 e. The van der Waals surface area contributed by atoms with E-state index in [0.717, 1.165) is 11.4 Å². The highest BCUT2D eigenvalue weighted by atomic mass is 79.9. The molecule has 2 rings (SSSR count). The number of halogens is 1. The summed E-state index contributed by atoms with van der Waals surface area (Å²) in [4.78, 5) is 12.1. The van der Waals surface area contributed by atoms with Crippen LogP contribution in [0, 0.1) is 41.4 Å². The van der Waals surface area contributed by atoms with Gasteiger partial charge in [0, 0.05) is 29.8 Å². The van der Waals surface area contributed by atoms with E-state index in [1.165, 1.54) is 0 Å². The second kappa shape index (κ2) is 8.16. The lowest BCUT2D eigenvalue weighted by Gasteiger charge is -2.09. The monoisotopic (exact) mass is 379 g/mol. The Labute approximate surface area is 149 Å². The molecule has 0 saturated heterocycles. The van der Waals surface area contributed by atoms with E-state index in [1.807, 2.05) is 23.6 Å². The Kier molecular flexibility index (Phi) is 5.96. The molecule has 0 spiro atoms. The lowest BCUT2D eigenvalue weighted by atomic mass is 10.2. The molecule has 0 aliphatic rings. The highest BCUT2D eigenvalue weighted by molar-refractivity contribution is 9.09. The zero-order valence-electron chi connectivity index (χ0n) is 13.1. The van der Waals surface area contributed by atoms with E-state index < -0.39 is 0 Å². The van der Waals surface area contributed by atoms with Gasteiger partial charge >= 0.3 is 0 Å². The van der Waals surface area contributed by atoms with E-state index in [-0.39, 0.29) is 11.1 Å². The van der Waals surface area contributed by atoms with Gasteiger partial charge < -0.3 is 4.57 Å². The Morgan fingerprint density at radius 1 is 1.21 bits per heavy atom. The van der Waals surface area contributed by atoms with Crippen molar-refractivity contribution in [2.24, 2.45) is 0 Å². The van der Waals surface area contributed by atoms with Crippen molar-refractivity contribution in [1.29, 1.82) is 10.5 Å². The number of rotatable bonds is 4. The quantitative estimate of drug-likeness (QED) is 0.350. The molecule has 0 atom stereocenters. The van der Waals surface area contributed by atoms with Crippen LogP contribution in [0.5, 0.6) is 0 Å². The molecular weight excluding hydrogens is 366 g/mol. The molecule has 1 aromatic heterocycles. The van der Waals surface area contributed by atoms with Gasteiger partial charge in [-0.05, 0) is 43.2 Å².